The van der Waals surface area contributed by atoms with Crippen LogP contribution in [0, 0.1) is 22.0 Å². The van der Waals surface area contributed by atoms with Crippen LogP contribution in [0.25, 0.3) is 0 Å². The zero-order chi connectivity index (χ0) is 22.6. The second-order valence-electron chi connectivity index (χ2n) is 6.94. The summed E-state index contributed by atoms with van der Waals surface area (Å²) in [5.41, 5.74) is 0.0878. The number of carbonyl (C=O) groups is 2. The lowest BCUT2D eigenvalue weighted by atomic mass is 9.79. The maximum atomic E-state index is 13.3. The molecule has 12 heteroatoms. The molecule has 4 atom stereocenters. The molecule has 8 nitrogen and oxygen atoms in total. The number of carbonyl (C=O) groups excluding carboxylic acids is 2. The SMILES string of the molecule is COC1(OC)C2(Cl)C(Cl)=C(Cl)C1(Cl)C(C(=O)Nc1ccc([N+](=O)[O-])cc1)C2C(C)=O. The Balaban J connectivity index is 2.10. The van der Waals surface area contributed by atoms with Gasteiger partial charge in [-0.1, -0.05) is 23.2 Å². The number of fused-ring (bicyclic) bond motifs is 2. The number of Topliss-reactive ketones (excluding diaryl/α,β-unsaturated/α-hetero) is 1. The highest BCUT2D eigenvalue weighted by Gasteiger charge is 2.86. The fourth-order valence-electron chi connectivity index (χ4n) is 4.43. The fourth-order valence-corrected chi connectivity index (χ4v) is 6.65. The molecule has 162 valence electrons. The third kappa shape index (κ3) is 2.68. The summed E-state index contributed by atoms with van der Waals surface area (Å²) in [5.74, 6) is -5.64. The number of halogens is 4. The van der Waals surface area contributed by atoms with Crippen LogP contribution in [0.5, 0.6) is 0 Å². The lowest BCUT2D eigenvalue weighted by Crippen LogP contribution is -2.58. The summed E-state index contributed by atoms with van der Waals surface area (Å²) in [7, 11) is 2.51. The largest absolute Gasteiger partial charge is 0.350 e. The first-order chi connectivity index (χ1) is 13.9. The van der Waals surface area contributed by atoms with Crippen LogP contribution in [-0.2, 0) is 19.1 Å². The molecule has 0 saturated heterocycles. The number of anilines is 1. The molecule has 1 aromatic carbocycles. The Hall–Kier alpha value is -1.42. The summed E-state index contributed by atoms with van der Waals surface area (Å²) in [6.45, 7) is 1.25. The van der Waals surface area contributed by atoms with E-state index in [0.29, 0.717) is 0 Å². The number of ether oxygens (including phenoxy) is 2. The summed E-state index contributed by atoms with van der Waals surface area (Å²) >= 11 is 26.5. The maximum absolute atomic E-state index is 13.3. The van der Waals surface area contributed by atoms with Gasteiger partial charge in [0.05, 0.1) is 26.8 Å². The van der Waals surface area contributed by atoms with Crippen LogP contribution in [0.1, 0.15) is 6.92 Å². The number of hydrogen-bond donors (Lipinski definition) is 1. The fraction of sp³-hybridized carbons (Fsp3) is 0.444. The molecule has 1 saturated carbocycles. The van der Waals surface area contributed by atoms with Gasteiger partial charge in [0.25, 0.3) is 5.69 Å². The summed E-state index contributed by atoms with van der Waals surface area (Å²) in [6, 6.07) is 5.12. The molecular weight excluding hydrogens is 482 g/mol. The maximum Gasteiger partial charge on any atom is 0.269 e. The molecule has 0 radical (unpaired) electrons. The number of nitrogens with one attached hydrogen (secondary N) is 1. The van der Waals surface area contributed by atoms with Gasteiger partial charge in [0.1, 0.15) is 15.5 Å². The van der Waals surface area contributed by atoms with Gasteiger partial charge in [0.2, 0.25) is 11.7 Å². The van der Waals surface area contributed by atoms with Crippen LogP contribution in [0.2, 0.25) is 0 Å². The van der Waals surface area contributed by atoms with Crippen molar-refractivity contribution in [2.75, 3.05) is 19.5 Å². The summed E-state index contributed by atoms with van der Waals surface area (Å²) in [6.07, 6.45) is 0. The van der Waals surface area contributed by atoms with Gasteiger partial charge in [0.15, 0.2) is 0 Å². The Kier molecular flexibility index (Phi) is 5.90. The third-order valence-electron chi connectivity index (χ3n) is 5.62. The van der Waals surface area contributed by atoms with Crippen molar-refractivity contribution in [3.05, 3.63) is 44.4 Å². The number of hydrogen-bond acceptors (Lipinski definition) is 6. The van der Waals surface area contributed by atoms with E-state index in [0.717, 1.165) is 0 Å². The second-order valence-corrected chi connectivity index (χ2v) is 8.88. The highest BCUT2D eigenvalue weighted by molar-refractivity contribution is 6.53. The van der Waals surface area contributed by atoms with Crippen LogP contribution in [0.3, 0.4) is 0 Å². The number of alkyl halides is 2. The van der Waals surface area contributed by atoms with E-state index in [9.17, 15) is 19.7 Å². The Bertz CT molecular complexity index is 964. The highest BCUT2D eigenvalue weighted by Crippen LogP contribution is 2.74. The van der Waals surface area contributed by atoms with Gasteiger partial charge in [-0.25, -0.2) is 0 Å². The van der Waals surface area contributed by atoms with Gasteiger partial charge in [-0.15, -0.1) is 23.2 Å². The van der Waals surface area contributed by atoms with E-state index >= 15 is 0 Å². The Morgan fingerprint density at radius 1 is 1.03 bits per heavy atom. The molecule has 2 aliphatic rings. The normalized spacial score (nSPS) is 31.7. The topological polar surface area (TPSA) is 108 Å². The average Bonchev–Trinajstić information content (AvgIpc) is 2.96. The number of rotatable bonds is 6. The number of nitro benzene ring substituents is 1. The molecule has 1 N–H and O–H groups in total. The van der Waals surface area contributed by atoms with Crippen molar-refractivity contribution in [1.82, 2.24) is 0 Å². The van der Waals surface area contributed by atoms with Crippen molar-refractivity contribution in [3.63, 3.8) is 0 Å². The van der Waals surface area contributed by atoms with Crippen molar-refractivity contribution in [3.8, 4) is 0 Å². The van der Waals surface area contributed by atoms with Gasteiger partial charge in [-0.3, -0.25) is 19.7 Å². The van der Waals surface area contributed by atoms with E-state index in [4.69, 9.17) is 55.9 Å². The second kappa shape index (κ2) is 7.62. The van der Waals surface area contributed by atoms with Crippen molar-refractivity contribution < 1.29 is 24.0 Å². The minimum Gasteiger partial charge on any atom is -0.350 e. The summed E-state index contributed by atoms with van der Waals surface area (Å²) < 4.78 is 11.1. The van der Waals surface area contributed by atoms with E-state index in [1.807, 2.05) is 0 Å². The molecule has 0 heterocycles. The number of nitro groups is 1. The number of methoxy groups -OCH3 is 2. The average molecular weight is 498 g/mol. The molecular formula is C18H16Cl4N2O6. The van der Waals surface area contributed by atoms with Crippen molar-refractivity contribution in [2.24, 2.45) is 11.8 Å². The third-order valence-corrected chi connectivity index (χ3v) is 8.23. The molecule has 3 rings (SSSR count). The smallest absolute Gasteiger partial charge is 0.269 e. The first-order valence-electron chi connectivity index (χ1n) is 8.54. The molecule has 0 aliphatic heterocycles. The molecule has 1 amide bonds. The summed E-state index contributed by atoms with van der Waals surface area (Å²) in [5, 5.41) is 13.1. The van der Waals surface area contributed by atoms with Gasteiger partial charge in [0, 0.05) is 32.0 Å². The first-order valence-corrected chi connectivity index (χ1v) is 10.0. The minimum absolute atomic E-state index is 0.135. The van der Waals surface area contributed by atoms with Gasteiger partial charge >= 0.3 is 0 Å². The first kappa shape index (κ1) is 23.2. The quantitative estimate of drug-likeness (QED) is 0.275. The molecule has 2 bridgehead atoms. The van der Waals surface area contributed by atoms with Crippen LogP contribution in [0.4, 0.5) is 11.4 Å². The van der Waals surface area contributed by atoms with E-state index in [-0.39, 0.29) is 21.4 Å². The number of nitrogens with zero attached hydrogens (tertiary/aromatic N) is 1. The Morgan fingerprint density at radius 2 is 1.50 bits per heavy atom. The predicted molar refractivity (Wildman–Crippen MR) is 112 cm³/mol. The van der Waals surface area contributed by atoms with Gasteiger partial charge < -0.3 is 14.8 Å². The molecule has 1 fully saturated rings. The van der Waals surface area contributed by atoms with E-state index in [1.54, 1.807) is 0 Å². The molecule has 0 spiro atoms. The van der Waals surface area contributed by atoms with Crippen molar-refractivity contribution in [1.29, 1.82) is 0 Å². The monoisotopic (exact) mass is 496 g/mol. The van der Waals surface area contributed by atoms with Crippen molar-refractivity contribution in [2.45, 2.75) is 22.5 Å². The zero-order valence-electron chi connectivity index (χ0n) is 15.9. The van der Waals surface area contributed by atoms with E-state index in [1.165, 1.54) is 45.4 Å². The summed E-state index contributed by atoms with van der Waals surface area (Å²) in [4.78, 5) is 32.4. The van der Waals surface area contributed by atoms with E-state index in [2.05, 4.69) is 5.32 Å². The molecule has 0 aromatic heterocycles. The zero-order valence-corrected chi connectivity index (χ0v) is 18.9. The number of benzene rings is 1. The van der Waals surface area contributed by atoms with Gasteiger partial charge in [-0.2, -0.15) is 0 Å². The van der Waals surface area contributed by atoms with Crippen molar-refractivity contribution >= 4 is 69.5 Å². The van der Waals surface area contributed by atoms with E-state index < -0.39 is 44.0 Å². The van der Waals surface area contributed by atoms with Crippen LogP contribution < -0.4 is 5.32 Å². The number of ketones is 1. The minimum atomic E-state index is -1.91. The molecule has 1 aromatic rings. The van der Waals surface area contributed by atoms with Crippen LogP contribution in [0.15, 0.2) is 34.3 Å². The standard InChI is InChI=1S/C18H16Cl4N2O6/c1-8(25)11-12(15(26)23-9-4-6-10(7-5-9)24(27)28)17(22)14(20)13(19)16(11,21)18(17,29-2)30-3/h4-7,11-12H,1-3H3,(H,23,26). The molecule has 4 unspecified atom stereocenters. The predicted octanol–water partition coefficient (Wildman–Crippen LogP) is 4.02. The number of amides is 1. The van der Waals surface area contributed by atoms with Gasteiger partial charge in [-0.05, 0) is 19.1 Å². The van der Waals surface area contributed by atoms with Crippen LogP contribution >= 0.6 is 46.4 Å². The Morgan fingerprint density at radius 3 is 1.90 bits per heavy atom. The lowest BCUT2D eigenvalue weighted by molar-refractivity contribution is -0.384. The number of non-ortho nitro benzene ring substituents is 1. The lowest BCUT2D eigenvalue weighted by Gasteiger charge is -2.41. The molecule has 2 aliphatic carbocycles. The molecule has 30 heavy (non-hydrogen) atoms. The van der Waals surface area contributed by atoms with Crippen LogP contribution in [-0.4, -0.2) is 46.4 Å². The highest BCUT2D eigenvalue weighted by atomic mass is 35.5. The Labute approximate surface area is 191 Å².